The molecule has 1 aromatic carbocycles. The average Bonchev–Trinajstić information content (AvgIpc) is 2.46. The Bertz CT molecular complexity index is 642. The second-order valence-corrected chi connectivity index (χ2v) is 8.72. The van der Waals surface area contributed by atoms with E-state index < -0.39 is 26.3 Å². The molecule has 0 saturated heterocycles. The molecule has 0 bridgehead atoms. The first kappa shape index (κ1) is 20.2. The van der Waals surface area contributed by atoms with E-state index in [1.165, 1.54) is 12.0 Å². The summed E-state index contributed by atoms with van der Waals surface area (Å²) in [6.45, 7) is 3.83. The normalized spacial score (nSPS) is 12.5. The molecule has 0 aliphatic heterocycles. The Labute approximate surface area is 147 Å². The largest absolute Gasteiger partial charge is 0.359 e. The van der Waals surface area contributed by atoms with Gasteiger partial charge in [-0.3, -0.25) is 4.79 Å². The van der Waals surface area contributed by atoms with Crippen LogP contribution in [-0.2, 0) is 25.8 Å². The summed E-state index contributed by atoms with van der Waals surface area (Å²) in [6, 6.07) is 6.53. The van der Waals surface area contributed by atoms with E-state index in [4.69, 9.17) is 27.9 Å². The summed E-state index contributed by atoms with van der Waals surface area (Å²) >= 11 is 11.4. The first-order valence-electron chi connectivity index (χ1n) is 6.93. The topological polar surface area (TPSA) is 63.7 Å². The second kappa shape index (κ2) is 7.83. The van der Waals surface area contributed by atoms with Gasteiger partial charge in [0, 0.05) is 19.9 Å². The molecule has 0 spiro atoms. The lowest BCUT2D eigenvalue weighted by atomic mass is 10.1. The van der Waals surface area contributed by atoms with Crippen molar-refractivity contribution in [1.82, 2.24) is 4.90 Å². The van der Waals surface area contributed by atoms with Gasteiger partial charge < -0.3 is 9.64 Å². The van der Waals surface area contributed by atoms with E-state index in [9.17, 15) is 13.2 Å². The maximum atomic E-state index is 12.2. The molecule has 0 aliphatic carbocycles. The van der Waals surface area contributed by atoms with Gasteiger partial charge in [-0.2, -0.15) is 0 Å². The molecular weight excluding hydrogens is 361 g/mol. The fraction of sp³-hybridized carbons (Fsp3) is 0.533. The molecule has 1 amide bonds. The third-order valence-corrected chi connectivity index (χ3v) is 5.08. The van der Waals surface area contributed by atoms with Crippen LogP contribution in [0.3, 0.4) is 0 Å². The molecule has 130 valence electrons. The van der Waals surface area contributed by atoms with Crippen LogP contribution in [0.15, 0.2) is 29.2 Å². The van der Waals surface area contributed by atoms with Crippen LogP contribution in [0.5, 0.6) is 0 Å². The molecule has 0 saturated carbocycles. The minimum absolute atomic E-state index is 0.257. The lowest BCUT2D eigenvalue weighted by Gasteiger charge is -2.37. The highest BCUT2D eigenvalue weighted by molar-refractivity contribution is 7.90. The maximum absolute atomic E-state index is 12.2. The quantitative estimate of drug-likeness (QED) is 0.537. The van der Waals surface area contributed by atoms with Gasteiger partial charge in [0.05, 0.1) is 4.90 Å². The van der Waals surface area contributed by atoms with Gasteiger partial charge in [0.2, 0.25) is 0 Å². The fourth-order valence-electron chi connectivity index (χ4n) is 2.02. The Hall–Kier alpha value is -0.820. The van der Waals surface area contributed by atoms with Gasteiger partial charge in [0.15, 0.2) is 14.7 Å². The van der Waals surface area contributed by atoms with Crippen LogP contribution in [0.2, 0.25) is 0 Å². The van der Waals surface area contributed by atoms with E-state index in [0.717, 1.165) is 11.8 Å². The van der Waals surface area contributed by atoms with E-state index in [1.807, 2.05) is 0 Å². The van der Waals surface area contributed by atoms with Crippen molar-refractivity contribution in [1.29, 1.82) is 0 Å². The maximum Gasteiger partial charge on any atom is 0.258 e. The molecule has 8 heteroatoms. The Morgan fingerprint density at radius 2 is 1.78 bits per heavy atom. The number of methoxy groups -OCH3 is 1. The summed E-state index contributed by atoms with van der Waals surface area (Å²) in [5.74, 6) is -0.437. The van der Waals surface area contributed by atoms with Gasteiger partial charge >= 0.3 is 0 Å². The van der Waals surface area contributed by atoms with Gasteiger partial charge in [-0.25, -0.2) is 8.42 Å². The zero-order chi connectivity index (χ0) is 17.8. The monoisotopic (exact) mass is 381 g/mol. The standard InChI is InChI=1S/C15H21Cl2NO4S/c1-15(2,22-3)18(14(19)13(16)17)10-9-11-5-7-12(8-6-11)23(4,20)21/h5-8,13H,9-10H2,1-4H3. The summed E-state index contributed by atoms with van der Waals surface area (Å²) in [7, 11) is -1.72. The van der Waals surface area contributed by atoms with E-state index in [-0.39, 0.29) is 4.90 Å². The van der Waals surface area contributed by atoms with E-state index in [0.29, 0.717) is 13.0 Å². The lowest BCUT2D eigenvalue weighted by molar-refractivity contribution is -0.157. The molecular formula is C15H21Cl2NO4S. The van der Waals surface area contributed by atoms with Crippen molar-refractivity contribution in [3.63, 3.8) is 0 Å². The highest BCUT2D eigenvalue weighted by Crippen LogP contribution is 2.20. The zero-order valence-corrected chi connectivity index (χ0v) is 15.9. The molecule has 0 aliphatic rings. The number of carbonyl (C=O) groups is 1. The summed E-state index contributed by atoms with van der Waals surface area (Å²) in [4.78, 5) is 12.7. The third-order valence-electron chi connectivity index (χ3n) is 3.58. The lowest BCUT2D eigenvalue weighted by Crippen LogP contribution is -2.51. The third kappa shape index (κ3) is 5.64. The molecule has 0 fully saturated rings. The molecule has 0 heterocycles. The van der Waals surface area contributed by atoms with Gasteiger partial charge in [-0.05, 0) is 38.0 Å². The van der Waals surface area contributed by atoms with Crippen molar-refractivity contribution < 1.29 is 17.9 Å². The fourth-order valence-corrected chi connectivity index (χ4v) is 2.88. The number of amides is 1. The number of carbonyl (C=O) groups excluding carboxylic acids is 1. The van der Waals surface area contributed by atoms with Crippen molar-refractivity contribution >= 4 is 38.9 Å². The van der Waals surface area contributed by atoms with Crippen molar-refractivity contribution in [2.45, 2.75) is 35.7 Å². The van der Waals surface area contributed by atoms with Gasteiger partial charge in [0.25, 0.3) is 5.91 Å². The SMILES string of the molecule is COC(C)(C)N(CCc1ccc(S(C)(=O)=O)cc1)C(=O)C(Cl)Cl. The first-order chi connectivity index (χ1) is 10.5. The summed E-state index contributed by atoms with van der Waals surface area (Å²) in [5, 5.41) is 0. The minimum Gasteiger partial charge on any atom is -0.359 e. The average molecular weight is 382 g/mol. The van der Waals surface area contributed by atoms with Gasteiger partial charge in [-0.15, -0.1) is 0 Å². The van der Waals surface area contributed by atoms with E-state index >= 15 is 0 Å². The number of nitrogens with zero attached hydrogens (tertiary/aromatic N) is 1. The highest BCUT2D eigenvalue weighted by atomic mass is 35.5. The molecule has 0 radical (unpaired) electrons. The van der Waals surface area contributed by atoms with Crippen molar-refractivity contribution in [2.24, 2.45) is 0 Å². The number of rotatable bonds is 7. The Kier molecular flexibility index (Phi) is 6.89. The van der Waals surface area contributed by atoms with Crippen molar-refractivity contribution in [3.8, 4) is 0 Å². The predicted octanol–water partition coefficient (Wildman–Crippen LogP) is 2.65. The van der Waals surface area contributed by atoms with Crippen LogP contribution in [-0.4, -0.2) is 49.7 Å². The molecule has 5 nitrogen and oxygen atoms in total. The predicted molar refractivity (Wildman–Crippen MR) is 91.6 cm³/mol. The highest BCUT2D eigenvalue weighted by Gasteiger charge is 2.33. The molecule has 1 aromatic rings. The molecule has 23 heavy (non-hydrogen) atoms. The van der Waals surface area contributed by atoms with Gasteiger partial charge in [-0.1, -0.05) is 35.3 Å². The Morgan fingerprint density at radius 1 is 1.26 bits per heavy atom. The Morgan fingerprint density at radius 3 is 2.17 bits per heavy atom. The van der Waals surface area contributed by atoms with Crippen LogP contribution in [0.1, 0.15) is 19.4 Å². The number of ether oxygens (including phenoxy) is 1. The molecule has 1 rings (SSSR count). The van der Waals surface area contributed by atoms with Crippen LogP contribution in [0.4, 0.5) is 0 Å². The minimum atomic E-state index is -3.22. The van der Waals surface area contributed by atoms with Crippen LogP contribution >= 0.6 is 23.2 Å². The Balaban J connectivity index is 2.89. The molecule has 0 N–H and O–H groups in total. The number of hydrogen-bond acceptors (Lipinski definition) is 4. The van der Waals surface area contributed by atoms with Crippen molar-refractivity contribution in [2.75, 3.05) is 19.9 Å². The summed E-state index contributed by atoms with van der Waals surface area (Å²) < 4.78 is 28.2. The van der Waals surface area contributed by atoms with E-state index in [2.05, 4.69) is 0 Å². The van der Waals surface area contributed by atoms with Crippen LogP contribution < -0.4 is 0 Å². The molecule has 0 atom stereocenters. The van der Waals surface area contributed by atoms with Crippen LogP contribution in [0, 0.1) is 0 Å². The number of alkyl halides is 2. The number of halogens is 2. The zero-order valence-electron chi connectivity index (χ0n) is 13.5. The smallest absolute Gasteiger partial charge is 0.258 e. The van der Waals surface area contributed by atoms with Crippen LogP contribution in [0.25, 0.3) is 0 Å². The number of sulfone groups is 1. The molecule has 0 unspecified atom stereocenters. The second-order valence-electron chi connectivity index (χ2n) is 5.61. The molecule has 0 aromatic heterocycles. The van der Waals surface area contributed by atoms with Crippen molar-refractivity contribution in [3.05, 3.63) is 29.8 Å². The number of benzene rings is 1. The first-order valence-corrected chi connectivity index (χ1v) is 9.69. The van der Waals surface area contributed by atoms with Gasteiger partial charge in [0.1, 0.15) is 5.72 Å². The summed E-state index contributed by atoms with van der Waals surface area (Å²) in [6.07, 6.45) is 1.67. The number of hydrogen-bond donors (Lipinski definition) is 0. The summed E-state index contributed by atoms with van der Waals surface area (Å²) in [5.41, 5.74) is 0.0361. The van der Waals surface area contributed by atoms with E-state index in [1.54, 1.807) is 38.1 Å².